The Morgan fingerprint density at radius 3 is 2.33 bits per heavy atom. The zero-order valence-electron chi connectivity index (χ0n) is 21.9. The second-order valence-corrected chi connectivity index (χ2v) is 10.7. The van der Waals surface area contributed by atoms with E-state index in [4.69, 9.17) is 9.88 Å². The number of hydrogen-bond acceptors (Lipinski definition) is 7. The van der Waals surface area contributed by atoms with Crippen LogP contribution in [0, 0.1) is 0 Å². The number of anilines is 2. The predicted molar refractivity (Wildman–Crippen MR) is 147 cm³/mol. The molecule has 1 aliphatic rings. The molecule has 1 fully saturated rings. The number of benzene rings is 3. The lowest BCUT2D eigenvalue weighted by molar-refractivity contribution is -0.122. The SMILES string of the molecule is COc1cccc(C(=O)N(CCc2ccc(S(N)(=O)=O)cc2)C2CC(=O)N(c3ccc(NC(C)=O)cc3)C2=O)c1. The Kier molecular flexibility index (Phi) is 8.31. The summed E-state index contributed by atoms with van der Waals surface area (Å²) in [5, 5.41) is 7.80. The molecule has 3 N–H and O–H groups in total. The van der Waals surface area contributed by atoms with Gasteiger partial charge in [0.1, 0.15) is 11.8 Å². The van der Waals surface area contributed by atoms with E-state index in [0.717, 1.165) is 4.90 Å². The summed E-state index contributed by atoms with van der Waals surface area (Å²) in [6, 6.07) is 17.6. The summed E-state index contributed by atoms with van der Waals surface area (Å²) in [6.45, 7) is 1.44. The van der Waals surface area contributed by atoms with Gasteiger partial charge in [-0.1, -0.05) is 18.2 Å². The quantitative estimate of drug-likeness (QED) is 0.378. The van der Waals surface area contributed by atoms with Crippen LogP contribution >= 0.6 is 0 Å². The van der Waals surface area contributed by atoms with E-state index in [1.54, 1.807) is 60.7 Å². The highest BCUT2D eigenvalue weighted by molar-refractivity contribution is 7.89. The van der Waals surface area contributed by atoms with Crippen molar-refractivity contribution >= 4 is 45.0 Å². The first-order valence-corrected chi connectivity index (χ1v) is 13.8. The highest BCUT2D eigenvalue weighted by atomic mass is 32.2. The molecule has 0 spiro atoms. The minimum absolute atomic E-state index is 0.0442. The van der Waals surface area contributed by atoms with Gasteiger partial charge in [0.25, 0.3) is 11.8 Å². The van der Waals surface area contributed by atoms with E-state index in [0.29, 0.717) is 22.7 Å². The van der Waals surface area contributed by atoms with E-state index in [2.05, 4.69) is 5.32 Å². The van der Waals surface area contributed by atoms with Crippen molar-refractivity contribution in [1.82, 2.24) is 4.90 Å². The maximum Gasteiger partial charge on any atom is 0.257 e. The second-order valence-electron chi connectivity index (χ2n) is 9.18. The number of hydrogen-bond donors (Lipinski definition) is 2. The van der Waals surface area contributed by atoms with Crippen molar-refractivity contribution in [1.29, 1.82) is 0 Å². The van der Waals surface area contributed by atoms with E-state index in [1.807, 2.05) is 0 Å². The zero-order chi connectivity index (χ0) is 29.0. The number of carbonyl (C=O) groups excluding carboxylic acids is 4. The number of nitrogens with zero attached hydrogens (tertiary/aromatic N) is 2. The molecular formula is C28H28N4O7S. The van der Waals surface area contributed by atoms with Gasteiger partial charge in [-0.25, -0.2) is 18.5 Å². The zero-order valence-corrected chi connectivity index (χ0v) is 22.7. The first-order chi connectivity index (χ1) is 19.0. The Bertz CT molecular complexity index is 1550. The highest BCUT2D eigenvalue weighted by Crippen LogP contribution is 2.28. The van der Waals surface area contributed by atoms with Crippen molar-refractivity contribution in [3.05, 3.63) is 83.9 Å². The first kappa shape index (κ1) is 28.5. The Morgan fingerprint density at radius 2 is 1.73 bits per heavy atom. The average molecular weight is 565 g/mol. The number of nitrogens with one attached hydrogen (secondary N) is 1. The van der Waals surface area contributed by atoms with Crippen LogP contribution < -0.4 is 20.1 Å². The fraction of sp³-hybridized carbons (Fsp3) is 0.214. The van der Waals surface area contributed by atoms with Crippen LogP contribution in [0.1, 0.15) is 29.3 Å². The third-order valence-corrected chi connectivity index (χ3v) is 7.34. The molecule has 0 saturated carbocycles. The molecule has 1 heterocycles. The van der Waals surface area contributed by atoms with Gasteiger partial charge < -0.3 is 15.0 Å². The Labute approximate surface area is 231 Å². The molecule has 4 amide bonds. The van der Waals surface area contributed by atoms with Crippen LogP contribution in [0.15, 0.2) is 77.7 Å². The molecule has 1 unspecified atom stereocenters. The van der Waals surface area contributed by atoms with Crippen LogP contribution in [0.25, 0.3) is 0 Å². The maximum atomic E-state index is 13.7. The Balaban J connectivity index is 1.62. The first-order valence-electron chi connectivity index (χ1n) is 12.3. The highest BCUT2D eigenvalue weighted by Gasteiger charge is 2.44. The molecule has 40 heavy (non-hydrogen) atoms. The number of imide groups is 1. The molecule has 3 aromatic carbocycles. The number of methoxy groups -OCH3 is 1. The number of sulfonamides is 1. The van der Waals surface area contributed by atoms with Gasteiger partial charge >= 0.3 is 0 Å². The van der Waals surface area contributed by atoms with Crippen LogP contribution in [0.4, 0.5) is 11.4 Å². The molecule has 0 radical (unpaired) electrons. The van der Waals surface area contributed by atoms with Gasteiger partial charge in [-0.3, -0.25) is 19.2 Å². The standard InChI is InChI=1S/C28H28N4O7S/c1-18(33)30-21-8-10-22(11-9-21)32-26(34)17-25(28(32)36)31(27(35)20-4-3-5-23(16-20)39-2)15-14-19-6-12-24(13-7-19)40(29,37)38/h3-13,16,25H,14-15,17H2,1-2H3,(H,30,33)(H2,29,37,38). The lowest BCUT2D eigenvalue weighted by atomic mass is 10.1. The molecule has 0 aromatic heterocycles. The summed E-state index contributed by atoms with van der Waals surface area (Å²) < 4.78 is 28.4. The monoisotopic (exact) mass is 564 g/mol. The van der Waals surface area contributed by atoms with E-state index >= 15 is 0 Å². The molecule has 3 aromatic rings. The van der Waals surface area contributed by atoms with Gasteiger partial charge in [-0.2, -0.15) is 0 Å². The summed E-state index contributed by atoms with van der Waals surface area (Å²) in [5.74, 6) is -1.29. The number of primary sulfonamides is 1. The minimum Gasteiger partial charge on any atom is -0.497 e. The average Bonchev–Trinajstić information content (AvgIpc) is 3.22. The third-order valence-electron chi connectivity index (χ3n) is 6.42. The van der Waals surface area contributed by atoms with E-state index in [1.165, 1.54) is 31.1 Å². The summed E-state index contributed by atoms with van der Waals surface area (Å²) in [7, 11) is -2.39. The number of rotatable bonds is 9. The molecule has 1 saturated heterocycles. The fourth-order valence-corrected chi connectivity index (χ4v) is 4.96. The van der Waals surface area contributed by atoms with Crippen LogP contribution in [0.5, 0.6) is 5.75 Å². The molecule has 4 rings (SSSR count). The van der Waals surface area contributed by atoms with Crippen molar-refractivity contribution in [3.63, 3.8) is 0 Å². The molecule has 1 aliphatic heterocycles. The minimum atomic E-state index is -3.86. The van der Waals surface area contributed by atoms with Gasteiger partial charge in [0.2, 0.25) is 21.8 Å². The molecule has 0 aliphatic carbocycles. The van der Waals surface area contributed by atoms with Gasteiger partial charge in [-0.05, 0) is 66.6 Å². The van der Waals surface area contributed by atoms with Gasteiger partial charge in [-0.15, -0.1) is 0 Å². The largest absolute Gasteiger partial charge is 0.497 e. The van der Waals surface area contributed by atoms with E-state index < -0.39 is 33.8 Å². The van der Waals surface area contributed by atoms with Crippen molar-refractivity contribution < 1.29 is 32.3 Å². The van der Waals surface area contributed by atoms with Crippen LogP contribution in [-0.4, -0.2) is 56.6 Å². The topological polar surface area (TPSA) is 156 Å². The van der Waals surface area contributed by atoms with Crippen molar-refractivity contribution in [2.75, 3.05) is 23.9 Å². The van der Waals surface area contributed by atoms with Crippen molar-refractivity contribution in [2.24, 2.45) is 5.14 Å². The smallest absolute Gasteiger partial charge is 0.257 e. The van der Waals surface area contributed by atoms with E-state index in [-0.39, 0.29) is 35.8 Å². The number of ether oxygens (including phenoxy) is 1. The maximum absolute atomic E-state index is 13.7. The summed E-state index contributed by atoms with van der Waals surface area (Å²) in [4.78, 5) is 54.0. The number of amides is 4. The summed E-state index contributed by atoms with van der Waals surface area (Å²) >= 11 is 0. The molecule has 1 atom stereocenters. The fourth-order valence-electron chi connectivity index (χ4n) is 4.44. The van der Waals surface area contributed by atoms with Gasteiger partial charge in [0, 0.05) is 24.7 Å². The molecule has 12 heteroatoms. The lowest BCUT2D eigenvalue weighted by Gasteiger charge is -2.28. The molecule has 11 nitrogen and oxygen atoms in total. The normalized spacial score (nSPS) is 15.2. The van der Waals surface area contributed by atoms with Gasteiger partial charge in [0.15, 0.2) is 0 Å². The predicted octanol–water partition coefficient (Wildman–Crippen LogP) is 2.32. The van der Waals surface area contributed by atoms with Crippen LogP contribution in [0.2, 0.25) is 0 Å². The summed E-state index contributed by atoms with van der Waals surface area (Å²) in [6.07, 6.45) is 0.0658. The second kappa shape index (κ2) is 11.7. The Hall–Kier alpha value is -4.55. The number of nitrogens with two attached hydrogens (primary N) is 1. The number of carbonyl (C=O) groups is 4. The van der Waals surface area contributed by atoms with Gasteiger partial charge in [0.05, 0.1) is 24.1 Å². The lowest BCUT2D eigenvalue weighted by Crippen LogP contribution is -2.46. The van der Waals surface area contributed by atoms with Crippen LogP contribution in [-0.2, 0) is 30.8 Å². The van der Waals surface area contributed by atoms with Crippen molar-refractivity contribution in [2.45, 2.75) is 30.7 Å². The van der Waals surface area contributed by atoms with Crippen LogP contribution in [0.3, 0.4) is 0 Å². The van der Waals surface area contributed by atoms with Crippen molar-refractivity contribution in [3.8, 4) is 5.75 Å². The summed E-state index contributed by atoms with van der Waals surface area (Å²) in [5.41, 5.74) is 1.81. The molecular weight excluding hydrogens is 536 g/mol. The third kappa shape index (κ3) is 6.35. The van der Waals surface area contributed by atoms with E-state index in [9.17, 15) is 27.6 Å². The molecule has 0 bridgehead atoms. The molecule has 208 valence electrons. The Morgan fingerprint density at radius 1 is 1.05 bits per heavy atom.